The van der Waals surface area contributed by atoms with Crippen LogP contribution in [0.25, 0.3) is 21.9 Å². The first-order valence-corrected chi connectivity index (χ1v) is 5.35. The highest BCUT2D eigenvalue weighted by atomic mass is 35.5. The third-order valence-electron chi connectivity index (χ3n) is 2.35. The largest absolute Gasteiger partial charge is 0.274 e. The van der Waals surface area contributed by atoms with Gasteiger partial charge in [-0.15, -0.1) is 0 Å². The number of pyridine rings is 2. The first-order chi connectivity index (χ1) is 7.65. The van der Waals surface area contributed by atoms with Gasteiger partial charge in [-0.3, -0.25) is 4.68 Å². The summed E-state index contributed by atoms with van der Waals surface area (Å²) in [6, 6.07) is 1.82. The molecule has 3 aromatic rings. The van der Waals surface area contributed by atoms with Gasteiger partial charge in [-0.25, -0.2) is 9.97 Å². The molecule has 0 atom stereocenters. The summed E-state index contributed by atoms with van der Waals surface area (Å²) in [5.74, 6) is 0. The summed E-state index contributed by atoms with van der Waals surface area (Å²) < 4.78 is 1.69. The summed E-state index contributed by atoms with van der Waals surface area (Å²) >= 11 is 11.9. The molecule has 3 aromatic heterocycles. The number of rotatable bonds is 0. The molecule has 0 spiro atoms. The van der Waals surface area contributed by atoms with Gasteiger partial charge in [-0.1, -0.05) is 23.2 Å². The highest BCUT2D eigenvalue weighted by molar-refractivity contribution is 6.35. The summed E-state index contributed by atoms with van der Waals surface area (Å²) in [4.78, 5) is 8.31. The molecule has 0 radical (unpaired) electrons. The third-order valence-corrected chi connectivity index (χ3v) is 2.82. The normalized spacial score (nSPS) is 11.4. The molecule has 4 nitrogen and oxygen atoms in total. The molecule has 0 saturated carbocycles. The van der Waals surface area contributed by atoms with Gasteiger partial charge >= 0.3 is 0 Å². The lowest BCUT2D eigenvalue weighted by Gasteiger charge is -1.99. The molecular formula is C10H6Cl2N4. The van der Waals surface area contributed by atoms with E-state index in [9.17, 15) is 0 Å². The lowest BCUT2D eigenvalue weighted by Crippen LogP contribution is -1.87. The monoisotopic (exact) mass is 252 g/mol. The molecule has 0 aliphatic heterocycles. The highest BCUT2D eigenvalue weighted by Gasteiger charge is 2.11. The van der Waals surface area contributed by atoms with E-state index in [1.807, 2.05) is 19.3 Å². The Hall–Kier alpha value is -1.39. The zero-order valence-corrected chi connectivity index (χ0v) is 9.79. The van der Waals surface area contributed by atoms with Crippen molar-refractivity contribution in [2.24, 2.45) is 7.05 Å². The Bertz CT molecular complexity index is 705. The van der Waals surface area contributed by atoms with Crippen molar-refractivity contribution in [2.75, 3.05) is 0 Å². The predicted octanol–water partition coefficient (Wildman–Crippen LogP) is 2.82. The van der Waals surface area contributed by atoms with Crippen molar-refractivity contribution in [3.8, 4) is 0 Å². The van der Waals surface area contributed by atoms with E-state index in [-0.39, 0.29) is 0 Å². The van der Waals surface area contributed by atoms with Crippen molar-refractivity contribution in [3.63, 3.8) is 0 Å². The summed E-state index contributed by atoms with van der Waals surface area (Å²) in [7, 11) is 1.83. The number of aromatic nitrogens is 4. The molecular weight excluding hydrogens is 247 g/mol. The summed E-state index contributed by atoms with van der Waals surface area (Å²) in [6.45, 7) is 0. The van der Waals surface area contributed by atoms with Crippen molar-refractivity contribution in [1.29, 1.82) is 0 Å². The Morgan fingerprint density at radius 3 is 2.88 bits per heavy atom. The predicted molar refractivity (Wildman–Crippen MR) is 63.8 cm³/mol. The van der Waals surface area contributed by atoms with Crippen molar-refractivity contribution < 1.29 is 0 Å². The van der Waals surface area contributed by atoms with Crippen LogP contribution in [0.3, 0.4) is 0 Å². The molecule has 0 bridgehead atoms. The van der Waals surface area contributed by atoms with Crippen LogP contribution in [0.2, 0.25) is 10.2 Å². The molecule has 16 heavy (non-hydrogen) atoms. The standard InChI is InChI=1S/C10H6Cl2N4/c1-16-4-7-6-2-5(11)3-13-10(6)14-9(12)8(7)15-16/h2-4H,1H3. The van der Waals surface area contributed by atoms with Crippen LogP contribution >= 0.6 is 23.2 Å². The van der Waals surface area contributed by atoms with Crippen molar-refractivity contribution >= 4 is 45.1 Å². The summed E-state index contributed by atoms with van der Waals surface area (Å²) in [6.07, 6.45) is 3.43. The van der Waals surface area contributed by atoms with Crippen LogP contribution in [0.4, 0.5) is 0 Å². The number of hydrogen-bond acceptors (Lipinski definition) is 3. The molecule has 6 heteroatoms. The van der Waals surface area contributed by atoms with E-state index in [1.165, 1.54) is 0 Å². The molecule has 3 heterocycles. The van der Waals surface area contributed by atoms with Crippen LogP contribution in [0.1, 0.15) is 0 Å². The number of halogens is 2. The Kier molecular flexibility index (Phi) is 2.02. The molecule has 80 valence electrons. The van der Waals surface area contributed by atoms with Crippen LogP contribution in [0, 0.1) is 0 Å². The van der Waals surface area contributed by atoms with Gasteiger partial charge in [0.25, 0.3) is 0 Å². The quantitative estimate of drug-likeness (QED) is 0.578. The van der Waals surface area contributed by atoms with Gasteiger partial charge in [0.15, 0.2) is 10.8 Å². The van der Waals surface area contributed by atoms with Crippen molar-refractivity contribution in [2.45, 2.75) is 0 Å². The minimum absolute atomic E-state index is 0.359. The van der Waals surface area contributed by atoms with E-state index in [0.29, 0.717) is 21.3 Å². The van der Waals surface area contributed by atoms with Gasteiger partial charge in [0.1, 0.15) is 5.52 Å². The lowest BCUT2D eigenvalue weighted by atomic mass is 10.2. The van der Waals surface area contributed by atoms with Crippen LogP contribution in [0.5, 0.6) is 0 Å². The van der Waals surface area contributed by atoms with E-state index in [1.54, 1.807) is 10.9 Å². The van der Waals surface area contributed by atoms with E-state index < -0.39 is 0 Å². The average Bonchev–Trinajstić information content (AvgIpc) is 2.62. The summed E-state index contributed by atoms with van der Waals surface area (Å²) in [5.41, 5.74) is 1.25. The van der Waals surface area contributed by atoms with Gasteiger partial charge in [0, 0.05) is 30.2 Å². The first kappa shape index (κ1) is 9.81. The minimum atomic E-state index is 0.359. The molecule has 0 aliphatic carbocycles. The lowest BCUT2D eigenvalue weighted by molar-refractivity contribution is 0.779. The molecule has 3 rings (SSSR count). The molecule has 0 unspecified atom stereocenters. The number of nitrogens with zero attached hydrogens (tertiary/aromatic N) is 4. The third kappa shape index (κ3) is 1.34. The molecule has 0 N–H and O–H groups in total. The Morgan fingerprint density at radius 1 is 1.25 bits per heavy atom. The van der Waals surface area contributed by atoms with Crippen LogP contribution in [0.15, 0.2) is 18.5 Å². The van der Waals surface area contributed by atoms with E-state index in [0.717, 1.165) is 10.8 Å². The van der Waals surface area contributed by atoms with Gasteiger partial charge < -0.3 is 0 Å². The SMILES string of the molecule is Cn1cc2c(n1)c(Cl)nc1ncc(Cl)cc12. The van der Waals surface area contributed by atoms with Crippen LogP contribution in [-0.2, 0) is 7.05 Å². The van der Waals surface area contributed by atoms with Crippen LogP contribution < -0.4 is 0 Å². The van der Waals surface area contributed by atoms with Gasteiger partial charge in [-0.2, -0.15) is 5.10 Å². The fourth-order valence-corrected chi connectivity index (χ4v) is 2.08. The Labute approximate surface area is 101 Å². The number of fused-ring (bicyclic) bond motifs is 3. The Balaban J connectivity index is 2.59. The van der Waals surface area contributed by atoms with Gasteiger partial charge in [0.05, 0.1) is 5.02 Å². The second-order valence-corrected chi connectivity index (χ2v) is 4.29. The summed E-state index contributed by atoms with van der Waals surface area (Å²) in [5, 5.41) is 6.94. The maximum absolute atomic E-state index is 6.03. The highest BCUT2D eigenvalue weighted by Crippen LogP contribution is 2.28. The second kappa shape index (κ2) is 3.30. The molecule has 0 aromatic carbocycles. The second-order valence-electron chi connectivity index (χ2n) is 3.49. The van der Waals surface area contributed by atoms with E-state index in [4.69, 9.17) is 23.2 Å². The Morgan fingerprint density at radius 2 is 2.06 bits per heavy atom. The molecule has 0 amide bonds. The maximum atomic E-state index is 6.03. The molecule has 0 saturated heterocycles. The van der Waals surface area contributed by atoms with Crippen molar-refractivity contribution in [1.82, 2.24) is 19.7 Å². The number of aryl methyl sites for hydroxylation is 1. The topological polar surface area (TPSA) is 43.6 Å². The first-order valence-electron chi connectivity index (χ1n) is 4.59. The molecule has 0 aliphatic rings. The maximum Gasteiger partial charge on any atom is 0.161 e. The number of hydrogen-bond donors (Lipinski definition) is 0. The van der Waals surface area contributed by atoms with Gasteiger partial charge in [-0.05, 0) is 6.07 Å². The van der Waals surface area contributed by atoms with E-state index >= 15 is 0 Å². The fraction of sp³-hybridized carbons (Fsp3) is 0.100. The van der Waals surface area contributed by atoms with Gasteiger partial charge in [0.2, 0.25) is 0 Å². The fourth-order valence-electron chi connectivity index (χ4n) is 1.70. The molecule has 0 fully saturated rings. The van der Waals surface area contributed by atoms with E-state index in [2.05, 4.69) is 15.1 Å². The minimum Gasteiger partial charge on any atom is -0.274 e. The van der Waals surface area contributed by atoms with Crippen molar-refractivity contribution in [3.05, 3.63) is 28.6 Å². The van der Waals surface area contributed by atoms with Crippen LogP contribution in [-0.4, -0.2) is 19.7 Å². The average molecular weight is 253 g/mol. The smallest absolute Gasteiger partial charge is 0.161 e. The zero-order chi connectivity index (χ0) is 11.3. The zero-order valence-electron chi connectivity index (χ0n) is 8.28.